The Morgan fingerprint density at radius 1 is 0.976 bits per heavy atom. The van der Waals surface area contributed by atoms with Crippen molar-refractivity contribution >= 4 is 50.9 Å². The number of carbonyl (C=O) groups is 4. The molecule has 2 N–H and O–H groups in total. The molecule has 0 aromatic heterocycles. The fourth-order valence-corrected chi connectivity index (χ4v) is 5.87. The van der Waals surface area contributed by atoms with Gasteiger partial charge >= 0.3 is 6.09 Å². The van der Waals surface area contributed by atoms with Gasteiger partial charge < -0.3 is 15.0 Å². The van der Waals surface area contributed by atoms with Crippen LogP contribution in [0.5, 0.6) is 0 Å². The van der Waals surface area contributed by atoms with Gasteiger partial charge in [0.25, 0.3) is 27.7 Å². The van der Waals surface area contributed by atoms with Crippen LogP contribution in [0.25, 0.3) is 0 Å². The first kappa shape index (κ1) is 27.8. The van der Waals surface area contributed by atoms with Crippen LogP contribution in [-0.2, 0) is 35.6 Å². The SMILES string of the molecule is Cc1ccc(S(=O)(=O)Nc2ccccc2)cc1NC(=O)C(C(=O)N1CCc2ccccc21)N1C(=O)OC(C)(C)C1=O. The number of aryl methyl sites for hydroxylation is 1. The average Bonchev–Trinajstić information content (AvgIpc) is 3.44. The highest BCUT2D eigenvalue weighted by Gasteiger charge is 2.55. The lowest BCUT2D eigenvalue weighted by Gasteiger charge is -2.28. The topological polar surface area (TPSA) is 142 Å². The van der Waals surface area contributed by atoms with E-state index in [2.05, 4.69) is 10.0 Å². The van der Waals surface area contributed by atoms with Gasteiger partial charge in [-0.15, -0.1) is 0 Å². The predicted molar refractivity (Wildman–Crippen MR) is 151 cm³/mol. The van der Waals surface area contributed by atoms with Crippen LogP contribution in [-0.4, -0.2) is 55.3 Å². The zero-order valence-electron chi connectivity index (χ0n) is 22.6. The van der Waals surface area contributed by atoms with Gasteiger partial charge in [-0.05, 0) is 68.7 Å². The molecule has 0 aliphatic carbocycles. The molecule has 4 amide bonds. The number of fused-ring (bicyclic) bond motifs is 1. The number of para-hydroxylation sites is 2. The molecule has 212 valence electrons. The fraction of sp³-hybridized carbons (Fsp3) is 0.241. The largest absolute Gasteiger partial charge is 0.433 e. The second kappa shape index (κ2) is 10.4. The third-order valence-corrected chi connectivity index (χ3v) is 8.35. The number of anilines is 3. The lowest BCUT2D eigenvalue weighted by atomic mass is 10.1. The van der Waals surface area contributed by atoms with Crippen LogP contribution >= 0.6 is 0 Å². The second-order valence-corrected chi connectivity index (χ2v) is 11.9. The number of nitrogens with zero attached hydrogens (tertiary/aromatic N) is 2. The number of nitrogens with one attached hydrogen (secondary N) is 2. The van der Waals surface area contributed by atoms with Crippen molar-refractivity contribution in [1.82, 2.24) is 4.90 Å². The molecule has 3 aromatic carbocycles. The molecule has 5 rings (SSSR count). The van der Waals surface area contributed by atoms with E-state index in [0.717, 1.165) is 5.56 Å². The number of rotatable bonds is 7. The number of imide groups is 1. The molecule has 2 aliphatic rings. The van der Waals surface area contributed by atoms with Crippen molar-refractivity contribution in [3.8, 4) is 0 Å². The van der Waals surface area contributed by atoms with Gasteiger partial charge in [0.1, 0.15) is 0 Å². The Morgan fingerprint density at radius 2 is 1.66 bits per heavy atom. The molecule has 11 nitrogen and oxygen atoms in total. The third-order valence-electron chi connectivity index (χ3n) is 6.97. The van der Waals surface area contributed by atoms with E-state index in [1.165, 1.54) is 36.9 Å². The molecule has 1 saturated heterocycles. The third kappa shape index (κ3) is 5.25. The summed E-state index contributed by atoms with van der Waals surface area (Å²) in [6, 6.07) is 17.7. The second-order valence-electron chi connectivity index (χ2n) is 10.3. The number of amides is 4. The molecule has 41 heavy (non-hydrogen) atoms. The molecule has 0 spiro atoms. The number of cyclic esters (lactones) is 1. The van der Waals surface area contributed by atoms with Crippen molar-refractivity contribution in [2.75, 3.05) is 21.5 Å². The van der Waals surface area contributed by atoms with Crippen LogP contribution in [0.3, 0.4) is 0 Å². The molecule has 1 fully saturated rings. The van der Waals surface area contributed by atoms with E-state index in [-0.39, 0.29) is 17.1 Å². The minimum atomic E-state index is -4.04. The van der Waals surface area contributed by atoms with Crippen molar-refractivity contribution in [2.45, 2.75) is 43.7 Å². The number of hydrogen-bond acceptors (Lipinski definition) is 7. The number of hydrogen-bond donors (Lipinski definition) is 2. The van der Waals surface area contributed by atoms with Gasteiger partial charge in [-0.3, -0.25) is 19.1 Å². The summed E-state index contributed by atoms with van der Waals surface area (Å²) in [5, 5.41) is 2.58. The summed E-state index contributed by atoms with van der Waals surface area (Å²) in [6.07, 6.45) is -0.589. The van der Waals surface area contributed by atoms with Crippen LogP contribution in [0.4, 0.5) is 21.9 Å². The van der Waals surface area contributed by atoms with Gasteiger partial charge in [0, 0.05) is 23.6 Å². The van der Waals surface area contributed by atoms with Gasteiger partial charge in [0.2, 0.25) is 6.04 Å². The Kier molecular flexibility index (Phi) is 7.03. The Morgan fingerprint density at radius 3 is 2.34 bits per heavy atom. The average molecular weight is 577 g/mol. The summed E-state index contributed by atoms with van der Waals surface area (Å²) in [6.45, 7) is 4.63. The maximum Gasteiger partial charge on any atom is 0.418 e. The quantitative estimate of drug-likeness (QED) is 0.410. The predicted octanol–water partition coefficient (Wildman–Crippen LogP) is 3.45. The molecule has 0 saturated carbocycles. The molecule has 2 heterocycles. The number of sulfonamides is 1. The van der Waals surface area contributed by atoms with Crippen LogP contribution in [0, 0.1) is 6.92 Å². The van der Waals surface area contributed by atoms with Gasteiger partial charge in [-0.25, -0.2) is 18.1 Å². The summed E-state index contributed by atoms with van der Waals surface area (Å²) >= 11 is 0. The van der Waals surface area contributed by atoms with E-state index >= 15 is 0 Å². The van der Waals surface area contributed by atoms with Crippen molar-refractivity contribution in [3.05, 3.63) is 83.9 Å². The smallest absolute Gasteiger partial charge is 0.418 e. The lowest BCUT2D eigenvalue weighted by molar-refractivity contribution is -0.143. The molecule has 12 heteroatoms. The Balaban J connectivity index is 1.48. The Labute approximate surface area is 237 Å². The van der Waals surface area contributed by atoms with Crippen molar-refractivity contribution in [3.63, 3.8) is 0 Å². The summed E-state index contributed by atoms with van der Waals surface area (Å²) < 4.78 is 33.8. The number of benzene rings is 3. The zero-order valence-corrected chi connectivity index (χ0v) is 23.4. The van der Waals surface area contributed by atoms with Gasteiger partial charge in [-0.2, -0.15) is 0 Å². The highest BCUT2D eigenvalue weighted by atomic mass is 32.2. The van der Waals surface area contributed by atoms with Crippen LogP contribution < -0.4 is 14.9 Å². The Bertz CT molecular complexity index is 1670. The highest BCUT2D eigenvalue weighted by Crippen LogP contribution is 2.32. The maximum atomic E-state index is 13.9. The summed E-state index contributed by atoms with van der Waals surface area (Å²) in [7, 11) is -4.04. The van der Waals surface area contributed by atoms with Crippen LogP contribution in [0.2, 0.25) is 0 Å². The van der Waals surface area contributed by atoms with Crippen molar-refractivity contribution < 1.29 is 32.3 Å². The summed E-state index contributed by atoms with van der Waals surface area (Å²) in [4.78, 5) is 55.4. The van der Waals surface area contributed by atoms with Crippen LogP contribution in [0.15, 0.2) is 77.7 Å². The van der Waals surface area contributed by atoms with E-state index in [1.807, 2.05) is 12.1 Å². The van der Waals surface area contributed by atoms with Crippen molar-refractivity contribution in [2.24, 2.45) is 0 Å². The summed E-state index contributed by atoms with van der Waals surface area (Å²) in [5.74, 6) is -2.62. The van der Waals surface area contributed by atoms with E-state index < -0.39 is 45.5 Å². The molecule has 0 bridgehead atoms. The molecule has 1 unspecified atom stereocenters. The standard InChI is InChI=1S/C29H28N4O7S/c1-18-13-14-21(41(38,39)31-20-10-5-4-6-11-20)17-22(18)30-25(34)24(33-27(36)29(2,3)40-28(33)37)26(35)32-16-15-19-9-7-8-12-23(19)32/h4-14,17,24,31H,15-16H2,1-3H3,(H,30,34). The molecular formula is C29H28N4O7S. The number of carbonyl (C=O) groups excluding carboxylic acids is 4. The first-order valence-corrected chi connectivity index (χ1v) is 14.3. The monoisotopic (exact) mass is 576 g/mol. The minimum absolute atomic E-state index is 0.0878. The molecule has 0 radical (unpaired) electrons. The maximum absolute atomic E-state index is 13.9. The first-order valence-electron chi connectivity index (χ1n) is 12.8. The van der Waals surface area contributed by atoms with Gasteiger partial charge in [0.15, 0.2) is 5.60 Å². The van der Waals surface area contributed by atoms with E-state index in [0.29, 0.717) is 28.3 Å². The summed E-state index contributed by atoms with van der Waals surface area (Å²) in [5.41, 5.74) is 0.812. The molecule has 3 aromatic rings. The van der Waals surface area contributed by atoms with E-state index in [9.17, 15) is 27.6 Å². The molecule has 2 aliphatic heterocycles. The fourth-order valence-electron chi connectivity index (χ4n) is 4.79. The van der Waals surface area contributed by atoms with E-state index in [1.54, 1.807) is 49.4 Å². The Hall–Kier alpha value is -4.71. The molecule has 1 atom stereocenters. The van der Waals surface area contributed by atoms with E-state index in [4.69, 9.17) is 4.74 Å². The normalized spacial score (nSPS) is 16.7. The first-order chi connectivity index (χ1) is 19.4. The minimum Gasteiger partial charge on any atom is -0.433 e. The van der Waals surface area contributed by atoms with Crippen LogP contribution in [0.1, 0.15) is 25.0 Å². The van der Waals surface area contributed by atoms with Crippen molar-refractivity contribution in [1.29, 1.82) is 0 Å². The van der Waals surface area contributed by atoms with Gasteiger partial charge in [-0.1, -0.05) is 42.5 Å². The number of ether oxygens (including phenoxy) is 1. The highest BCUT2D eigenvalue weighted by molar-refractivity contribution is 7.92. The van der Waals surface area contributed by atoms with Gasteiger partial charge in [0.05, 0.1) is 4.90 Å². The lowest BCUT2D eigenvalue weighted by Crippen LogP contribution is -2.57. The zero-order chi connectivity index (χ0) is 29.5. The molecular weight excluding hydrogens is 548 g/mol.